The second-order valence-electron chi connectivity index (χ2n) is 14.8. The molecule has 3 heterocycles. The van der Waals surface area contributed by atoms with E-state index in [9.17, 15) is 0 Å². The van der Waals surface area contributed by atoms with Gasteiger partial charge in [-0.3, -0.25) is 0 Å². The molecule has 59 heavy (non-hydrogen) atoms. The van der Waals surface area contributed by atoms with Crippen molar-refractivity contribution in [1.82, 2.24) is 15.0 Å². The van der Waals surface area contributed by atoms with E-state index in [0.29, 0.717) is 5.82 Å². The van der Waals surface area contributed by atoms with Gasteiger partial charge in [0.05, 0.1) is 16.9 Å². The van der Waals surface area contributed by atoms with Crippen LogP contribution in [0.1, 0.15) is 0 Å². The highest BCUT2D eigenvalue weighted by molar-refractivity contribution is 6.21. The summed E-state index contributed by atoms with van der Waals surface area (Å²) in [6.07, 6.45) is 0. The lowest BCUT2D eigenvalue weighted by Crippen LogP contribution is -1.96. The highest BCUT2D eigenvalue weighted by atomic mass is 16.3. The monoisotopic (exact) mass is 753 g/mol. The third-order valence-corrected chi connectivity index (χ3v) is 11.1. The minimum atomic E-state index is 0.681. The topological polar surface area (TPSA) is 51.8 Å². The molecule has 0 aliphatic rings. The van der Waals surface area contributed by atoms with Crippen molar-refractivity contribution < 1.29 is 4.42 Å². The molecule has 0 aliphatic heterocycles. The molecule has 0 aliphatic carbocycles. The lowest BCUT2D eigenvalue weighted by molar-refractivity contribution is 0.669. The largest absolute Gasteiger partial charge is 0.454 e. The Balaban J connectivity index is 0.999. The van der Waals surface area contributed by atoms with Gasteiger partial charge in [0.2, 0.25) is 0 Å². The molecule has 8 aromatic carbocycles. The first-order chi connectivity index (χ1) is 29.2. The Morgan fingerprint density at radius 2 is 0.780 bits per heavy atom. The minimum absolute atomic E-state index is 0.681. The summed E-state index contributed by atoms with van der Waals surface area (Å²) in [5, 5.41) is 3.20. The fraction of sp³-hybridized carbons (Fsp3) is 0. The standard InChI is InChI=1S/C55H35N3O/c1-4-13-36(14-5-1)38-23-25-39(26-24-38)49-35-50(58-55(57-49)42-17-8-3-9-18-42)40-27-29-41(30-28-40)53-54-52(46-21-10-11-22-51(46)59-54)47-34-45(31-32-48(47)56-53)44-20-12-19-43(33-44)37-15-6-2-7-16-37/h1-35H. The molecule has 276 valence electrons. The van der Waals surface area contributed by atoms with Crippen LogP contribution in [-0.4, -0.2) is 15.0 Å². The van der Waals surface area contributed by atoms with E-state index in [1.807, 2.05) is 36.4 Å². The normalized spacial score (nSPS) is 11.4. The molecule has 0 fully saturated rings. The molecular weight excluding hydrogens is 719 g/mol. The van der Waals surface area contributed by atoms with Gasteiger partial charge in [-0.15, -0.1) is 0 Å². The summed E-state index contributed by atoms with van der Waals surface area (Å²) in [6, 6.07) is 73.8. The van der Waals surface area contributed by atoms with Crippen LogP contribution in [0.4, 0.5) is 0 Å². The lowest BCUT2D eigenvalue weighted by Gasteiger charge is -2.11. The number of hydrogen-bond donors (Lipinski definition) is 0. The van der Waals surface area contributed by atoms with E-state index in [0.717, 1.165) is 88.9 Å². The number of benzene rings is 8. The summed E-state index contributed by atoms with van der Waals surface area (Å²) >= 11 is 0. The number of fused-ring (bicyclic) bond motifs is 5. The average molecular weight is 754 g/mol. The molecule has 0 amide bonds. The molecule has 4 heteroatoms. The fourth-order valence-electron chi connectivity index (χ4n) is 8.09. The highest BCUT2D eigenvalue weighted by Gasteiger charge is 2.19. The van der Waals surface area contributed by atoms with Crippen LogP contribution >= 0.6 is 0 Å². The Morgan fingerprint density at radius 1 is 0.305 bits per heavy atom. The molecule has 11 aromatic rings. The first kappa shape index (κ1) is 34.3. The third kappa shape index (κ3) is 6.43. The van der Waals surface area contributed by atoms with Gasteiger partial charge in [-0.05, 0) is 63.7 Å². The van der Waals surface area contributed by atoms with Crippen LogP contribution in [0.25, 0.3) is 111 Å². The summed E-state index contributed by atoms with van der Waals surface area (Å²) in [6.45, 7) is 0. The Kier molecular flexibility index (Phi) is 8.45. The number of hydrogen-bond acceptors (Lipinski definition) is 4. The first-order valence-corrected chi connectivity index (χ1v) is 19.8. The maximum atomic E-state index is 6.67. The van der Waals surface area contributed by atoms with Gasteiger partial charge in [0, 0.05) is 38.4 Å². The molecule has 4 nitrogen and oxygen atoms in total. The molecule has 0 unspecified atom stereocenters. The van der Waals surface area contributed by atoms with E-state index in [1.54, 1.807) is 0 Å². The maximum absolute atomic E-state index is 6.67. The van der Waals surface area contributed by atoms with Crippen molar-refractivity contribution in [2.45, 2.75) is 0 Å². The van der Waals surface area contributed by atoms with Crippen LogP contribution in [-0.2, 0) is 0 Å². The zero-order valence-corrected chi connectivity index (χ0v) is 32.0. The van der Waals surface area contributed by atoms with Crippen LogP contribution in [0.15, 0.2) is 217 Å². The summed E-state index contributed by atoms with van der Waals surface area (Å²) in [7, 11) is 0. The molecule has 0 spiro atoms. The van der Waals surface area contributed by atoms with Crippen LogP contribution in [0, 0.1) is 0 Å². The molecule has 0 bridgehead atoms. The van der Waals surface area contributed by atoms with Crippen molar-refractivity contribution >= 4 is 32.8 Å². The van der Waals surface area contributed by atoms with Gasteiger partial charge in [-0.2, -0.15) is 0 Å². The smallest absolute Gasteiger partial charge is 0.162 e. The molecule has 0 atom stereocenters. The van der Waals surface area contributed by atoms with E-state index in [2.05, 4.69) is 176 Å². The summed E-state index contributed by atoms with van der Waals surface area (Å²) in [5.74, 6) is 0.681. The van der Waals surface area contributed by atoms with Gasteiger partial charge in [0.25, 0.3) is 0 Å². The van der Waals surface area contributed by atoms with Gasteiger partial charge in [0.1, 0.15) is 11.3 Å². The van der Waals surface area contributed by atoms with E-state index in [-0.39, 0.29) is 0 Å². The molecule has 0 saturated carbocycles. The number of aromatic nitrogens is 3. The molecule has 0 N–H and O–H groups in total. The SMILES string of the molecule is c1ccc(-c2ccc(-c3cc(-c4ccc(-c5nc6ccc(-c7cccc(-c8ccccc8)c7)cc6c6c5oc5ccccc56)cc4)nc(-c4ccccc4)n3)cc2)cc1. The van der Waals surface area contributed by atoms with Gasteiger partial charge in [-0.25, -0.2) is 15.0 Å². The van der Waals surface area contributed by atoms with Crippen molar-refractivity contribution in [2.75, 3.05) is 0 Å². The van der Waals surface area contributed by atoms with E-state index >= 15 is 0 Å². The zero-order valence-electron chi connectivity index (χ0n) is 32.0. The van der Waals surface area contributed by atoms with Crippen LogP contribution in [0.5, 0.6) is 0 Å². The Hall–Kier alpha value is -7.95. The number of nitrogens with zero attached hydrogens (tertiary/aromatic N) is 3. The quantitative estimate of drug-likeness (QED) is 0.163. The molecule has 0 radical (unpaired) electrons. The number of furan rings is 1. The summed E-state index contributed by atoms with van der Waals surface area (Å²) in [4.78, 5) is 15.4. The van der Waals surface area contributed by atoms with Gasteiger partial charge >= 0.3 is 0 Å². The van der Waals surface area contributed by atoms with Crippen molar-refractivity contribution in [1.29, 1.82) is 0 Å². The maximum Gasteiger partial charge on any atom is 0.162 e. The van der Waals surface area contributed by atoms with E-state index in [4.69, 9.17) is 19.4 Å². The first-order valence-electron chi connectivity index (χ1n) is 19.8. The summed E-state index contributed by atoms with van der Waals surface area (Å²) in [5.41, 5.74) is 16.0. The van der Waals surface area contributed by atoms with Crippen molar-refractivity contribution in [3.8, 4) is 78.5 Å². The van der Waals surface area contributed by atoms with Crippen molar-refractivity contribution in [2.24, 2.45) is 0 Å². The molecule has 11 rings (SSSR count). The second-order valence-corrected chi connectivity index (χ2v) is 14.8. The van der Waals surface area contributed by atoms with Gasteiger partial charge in [0.15, 0.2) is 11.4 Å². The number of rotatable bonds is 7. The molecule has 0 saturated heterocycles. The predicted molar refractivity (Wildman–Crippen MR) is 243 cm³/mol. The highest BCUT2D eigenvalue weighted by Crippen LogP contribution is 2.41. The Bertz CT molecular complexity index is 3280. The van der Waals surface area contributed by atoms with Gasteiger partial charge < -0.3 is 4.42 Å². The lowest BCUT2D eigenvalue weighted by atomic mass is 9.96. The second kappa shape index (κ2) is 14.5. The third-order valence-electron chi connectivity index (χ3n) is 11.1. The Morgan fingerprint density at radius 3 is 1.44 bits per heavy atom. The van der Waals surface area contributed by atoms with E-state index < -0.39 is 0 Å². The fourth-order valence-corrected chi connectivity index (χ4v) is 8.09. The van der Waals surface area contributed by atoms with Crippen LogP contribution < -0.4 is 0 Å². The van der Waals surface area contributed by atoms with Gasteiger partial charge in [-0.1, -0.05) is 182 Å². The van der Waals surface area contributed by atoms with Crippen molar-refractivity contribution in [3.05, 3.63) is 212 Å². The minimum Gasteiger partial charge on any atom is -0.454 e. The summed E-state index contributed by atoms with van der Waals surface area (Å²) < 4.78 is 6.67. The molecular formula is C55H35N3O. The van der Waals surface area contributed by atoms with Crippen molar-refractivity contribution in [3.63, 3.8) is 0 Å². The van der Waals surface area contributed by atoms with E-state index in [1.165, 1.54) is 16.7 Å². The number of pyridine rings is 1. The average Bonchev–Trinajstić information content (AvgIpc) is 3.72. The zero-order chi connectivity index (χ0) is 39.1. The Labute approximate surface area is 341 Å². The molecule has 3 aromatic heterocycles. The number of para-hydroxylation sites is 1. The predicted octanol–water partition coefficient (Wildman–Crippen LogP) is 14.6. The van der Waals surface area contributed by atoms with Crippen LogP contribution in [0.3, 0.4) is 0 Å². The van der Waals surface area contributed by atoms with Crippen LogP contribution in [0.2, 0.25) is 0 Å².